The SMILES string of the molecule is O=C(Nc1ccc(-c2nc(N3C4CCC3COC4)c3nnn(CC(F)(F)F)c3n2)cc1)Nc1cccnc1. The molecule has 3 aromatic heterocycles. The van der Waals surface area contributed by atoms with Crippen LogP contribution in [0.4, 0.5) is 35.2 Å². The second kappa shape index (κ2) is 9.52. The van der Waals surface area contributed by atoms with Gasteiger partial charge in [0.25, 0.3) is 0 Å². The zero-order chi connectivity index (χ0) is 26.3. The number of amides is 2. The summed E-state index contributed by atoms with van der Waals surface area (Å²) in [5, 5.41) is 13.2. The first kappa shape index (κ1) is 24.0. The molecular formula is C24H22F3N9O2. The van der Waals surface area contributed by atoms with Gasteiger partial charge in [-0.1, -0.05) is 5.21 Å². The maximum Gasteiger partial charge on any atom is 0.408 e. The molecule has 6 rings (SSSR count). The molecular weight excluding hydrogens is 503 g/mol. The predicted octanol–water partition coefficient (Wildman–Crippen LogP) is 3.86. The maximum absolute atomic E-state index is 13.2. The van der Waals surface area contributed by atoms with E-state index in [4.69, 9.17) is 9.72 Å². The maximum atomic E-state index is 13.2. The molecule has 2 aliphatic heterocycles. The lowest BCUT2D eigenvalue weighted by Crippen LogP contribution is -2.46. The first-order valence-corrected chi connectivity index (χ1v) is 12.0. The molecule has 0 radical (unpaired) electrons. The monoisotopic (exact) mass is 525 g/mol. The molecule has 0 saturated carbocycles. The molecule has 2 bridgehead atoms. The van der Waals surface area contributed by atoms with Crippen molar-refractivity contribution in [2.75, 3.05) is 28.7 Å². The summed E-state index contributed by atoms with van der Waals surface area (Å²) in [6, 6.07) is 9.77. The third-order valence-corrected chi connectivity index (χ3v) is 6.48. The fourth-order valence-corrected chi connectivity index (χ4v) is 4.83. The van der Waals surface area contributed by atoms with Crippen molar-refractivity contribution in [3.63, 3.8) is 0 Å². The van der Waals surface area contributed by atoms with Gasteiger partial charge in [-0.05, 0) is 49.2 Å². The van der Waals surface area contributed by atoms with Crippen LogP contribution >= 0.6 is 0 Å². The van der Waals surface area contributed by atoms with Crippen LogP contribution in [0.15, 0.2) is 48.8 Å². The summed E-state index contributed by atoms with van der Waals surface area (Å²) in [6.45, 7) is -0.296. The van der Waals surface area contributed by atoms with E-state index in [1.807, 2.05) is 0 Å². The van der Waals surface area contributed by atoms with E-state index in [9.17, 15) is 18.0 Å². The summed E-state index contributed by atoms with van der Waals surface area (Å²) in [7, 11) is 0. The molecule has 2 aliphatic rings. The number of nitrogens with zero attached hydrogens (tertiary/aromatic N) is 7. The highest BCUT2D eigenvalue weighted by atomic mass is 19.4. The van der Waals surface area contributed by atoms with Gasteiger partial charge < -0.3 is 20.3 Å². The number of urea groups is 1. The summed E-state index contributed by atoms with van der Waals surface area (Å²) < 4.78 is 46.2. The van der Waals surface area contributed by atoms with Crippen LogP contribution in [-0.4, -0.2) is 67.5 Å². The highest BCUT2D eigenvalue weighted by Gasteiger charge is 2.40. The summed E-state index contributed by atoms with van der Waals surface area (Å²) in [5.74, 6) is 0.683. The Bertz CT molecular complexity index is 1450. The summed E-state index contributed by atoms with van der Waals surface area (Å²) in [5.41, 5.74) is 1.84. The number of nitrogens with one attached hydrogen (secondary N) is 2. The van der Waals surface area contributed by atoms with Gasteiger partial charge in [-0.3, -0.25) is 4.98 Å². The number of fused-ring (bicyclic) bond motifs is 3. The van der Waals surface area contributed by atoms with E-state index in [0.717, 1.165) is 17.5 Å². The minimum absolute atomic E-state index is 0.00580. The number of benzene rings is 1. The molecule has 4 aromatic rings. The molecule has 14 heteroatoms. The Morgan fingerprint density at radius 2 is 1.76 bits per heavy atom. The van der Waals surface area contributed by atoms with E-state index in [1.165, 1.54) is 6.20 Å². The molecule has 2 fully saturated rings. The highest BCUT2D eigenvalue weighted by Crippen LogP contribution is 2.37. The van der Waals surface area contributed by atoms with Crippen LogP contribution in [0.3, 0.4) is 0 Å². The summed E-state index contributed by atoms with van der Waals surface area (Å²) >= 11 is 0. The minimum atomic E-state index is -4.49. The molecule has 2 atom stereocenters. The second-order valence-corrected chi connectivity index (χ2v) is 9.13. The standard InChI is InChI=1S/C24H22F3N9O2/c25-24(26,27)13-35-21-19(33-34-35)22(36-17-7-8-18(36)12-38-11-17)32-20(31-21)14-3-5-15(6-4-14)29-23(37)30-16-2-1-9-28-10-16/h1-6,9-10,17-18H,7-8,11-13H2,(H2,29,30,37). The smallest absolute Gasteiger partial charge is 0.377 e. The van der Waals surface area contributed by atoms with Crippen molar-refractivity contribution >= 4 is 34.4 Å². The van der Waals surface area contributed by atoms with Gasteiger partial charge in [0, 0.05) is 17.4 Å². The van der Waals surface area contributed by atoms with Crippen LogP contribution in [0.25, 0.3) is 22.6 Å². The summed E-state index contributed by atoms with van der Waals surface area (Å²) in [4.78, 5) is 27.5. The molecule has 11 nitrogen and oxygen atoms in total. The topological polar surface area (TPSA) is 123 Å². The van der Waals surface area contributed by atoms with Crippen molar-refractivity contribution in [2.45, 2.75) is 37.6 Å². The van der Waals surface area contributed by atoms with Crippen molar-refractivity contribution in [1.29, 1.82) is 0 Å². The van der Waals surface area contributed by atoms with Crippen LogP contribution < -0.4 is 15.5 Å². The zero-order valence-electron chi connectivity index (χ0n) is 19.9. The lowest BCUT2D eigenvalue weighted by Gasteiger charge is -2.35. The molecule has 38 heavy (non-hydrogen) atoms. The Labute approximate surface area is 214 Å². The van der Waals surface area contributed by atoms with E-state index in [2.05, 4.69) is 35.8 Å². The van der Waals surface area contributed by atoms with Gasteiger partial charge in [0.1, 0.15) is 6.54 Å². The van der Waals surface area contributed by atoms with Crippen LogP contribution in [0.2, 0.25) is 0 Å². The van der Waals surface area contributed by atoms with Gasteiger partial charge in [0.15, 0.2) is 22.8 Å². The molecule has 2 saturated heterocycles. The minimum Gasteiger partial charge on any atom is -0.377 e. The molecule has 2 amide bonds. The van der Waals surface area contributed by atoms with E-state index >= 15 is 0 Å². The Morgan fingerprint density at radius 1 is 1.03 bits per heavy atom. The number of alkyl halides is 3. The lowest BCUT2D eigenvalue weighted by atomic mass is 10.2. The molecule has 0 aliphatic carbocycles. The normalized spacial score (nSPS) is 19.1. The first-order valence-electron chi connectivity index (χ1n) is 12.0. The fourth-order valence-electron chi connectivity index (χ4n) is 4.83. The molecule has 2 N–H and O–H groups in total. The average Bonchev–Trinajstić information content (AvgIpc) is 3.39. The molecule has 5 heterocycles. The zero-order valence-corrected chi connectivity index (χ0v) is 19.9. The Kier molecular flexibility index (Phi) is 6.02. The van der Waals surface area contributed by atoms with Gasteiger partial charge in [0.05, 0.1) is 37.2 Å². The number of ether oxygens (including phenoxy) is 1. The van der Waals surface area contributed by atoms with Gasteiger partial charge in [-0.15, -0.1) is 5.10 Å². The van der Waals surface area contributed by atoms with Crippen LogP contribution in [0, 0.1) is 0 Å². The largest absolute Gasteiger partial charge is 0.408 e. The van der Waals surface area contributed by atoms with Crippen LogP contribution in [0.5, 0.6) is 0 Å². The quantitative estimate of drug-likeness (QED) is 0.403. The fraction of sp³-hybridized carbons (Fsp3) is 0.333. The highest BCUT2D eigenvalue weighted by molar-refractivity contribution is 5.99. The van der Waals surface area contributed by atoms with Crippen molar-refractivity contribution in [1.82, 2.24) is 29.9 Å². The number of carbonyl (C=O) groups excluding carboxylic acids is 1. The van der Waals surface area contributed by atoms with Crippen molar-refractivity contribution in [2.24, 2.45) is 0 Å². The van der Waals surface area contributed by atoms with Crippen LogP contribution in [0.1, 0.15) is 12.8 Å². The first-order chi connectivity index (χ1) is 18.3. The van der Waals surface area contributed by atoms with Crippen molar-refractivity contribution in [3.8, 4) is 11.4 Å². The number of halogens is 3. The van der Waals surface area contributed by atoms with Gasteiger partial charge in [-0.2, -0.15) is 13.2 Å². The molecule has 2 unspecified atom stereocenters. The van der Waals surface area contributed by atoms with Gasteiger partial charge in [0.2, 0.25) is 0 Å². The van der Waals surface area contributed by atoms with Gasteiger partial charge in [-0.25, -0.2) is 19.4 Å². The Balaban J connectivity index is 1.32. The van der Waals surface area contributed by atoms with Crippen molar-refractivity contribution in [3.05, 3.63) is 48.8 Å². The predicted molar refractivity (Wildman–Crippen MR) is 132 cm³/mol. The van der Waals surface area contributed by atoms with E-state index < -0.39 is 18.8 Å². The van der Waals surface area contributed by atoms with E-state index in [1.54, 1.807) is 42.6 Å². The van der Waals surface area contributed by atoms with E-state index in [-0.39, 0.29) is 29.1 Å². The number of carbonyl (C=O) groups is 1. The molecule has 196 valence electrons. The number of hydrogen-bond acceptors (Lipinski definition) is 8. The number of pyridine rings is 1. The third-order valence-electron chi connectivity index (χ3n) is 6.48. The van der Waals surface area contributed by atoms with E-state index in [0.29, 0.717) is 36.0 Å². The van der Waals surface area contributed by atoms with Crippen LogP contribution in [-0.2, 0) is 11.3 Å². The second-order valence-electron chi connectivity index (χ2n) is 9.13. The number of hydrogen-bond donors (Lipinski definition) is 2. The number of rotatable bonds is 5. The number of morpholine rings is 1. The molecule has 1 aromatic carbocycles. The lowest BCUT2D eigenvalue weighted by molar-refractivity contribution is -0.142. The Hall–Kier alpha value is -4.33. The van der Waals surface area contributed by atoms with Crippen molar-refractivity contribution < 1.29 is 22.7 Å². The number of anilines is 3. The summed E-state index contributed by atoms with van der Waals surface area (Å²) in [6.07, 6.45) is 0.413. The number of aromatic nitrogens is 6. The molecule has 0 spiro atoms. The Morgan fingerprint density at radius 3 is 2.45 bits per heavy atom. The third kappa shape index (κ3) is 4.81. The average molecular weight is 525 g/mol. The van der Waals surface area contributed by atoms with Gasteiger partial charge >= 0.3 is 12.2 Å².